The van der Waals surface area contributed by atoms with Crippen LogP contribution in [0.5, 0.6) is 5.75 Å². The van der Waals surface area contributed by atoms with Crippen molar-refractivity contribution in [3.05, 3.63) is 60.2 Å². The first-order chi connectivity index (χ1) is 13.1. The van der Waals surface area contributed by atoms with Gasteiger partial charge in [0, 0.05) is 18.7 Å². The van der Waals surface area contributed by atoms with Crippen LogP contribution in [0.3, 0.4) is 0 Å². The van der Waals surface area contributed by atoms with E-state index >= 15 is 0 Å². The predicted octanol–water partition coefficient (Wildman–Crippen LogP) is 1.52. The van der Waals surface area contributed by atoms with Gasteiger partial charge in [-0.05, 0) is 36.4 Å². The normalized spacial score (nSPS) is 15.3. The molecule has 3 rings (SSSR count). The summed E-state index contributed by atoms with van der Waals surface area (Å²) in [6.07, 6.45) is 0. The number of nitrogens with zero attached hydrogens (tertiary/aromatic N) is 1. The van der Waals surface area contributed by atoms with E-state index in [0.717, 1.165) is 5.75 Å². The van der Waals surface area contributed by atoms with Gasteiger partial charge in [0.25, 0.3) is 5.91 Å². The molecule has 0 saturated carbocycles. The van der Waals surface area contributed by atoms with Crippen LogP contribution >= 0.6 is 0 Å². The van der Waals surface area contributed by atoms with Crippen molar-refractivity contribution in [1.82, 2.24) is 9.62 Å². The van der Waals surface area contributed by atoms with Gasteiger partial charge in [-0.2, -0.15) is 4.31 Å². The predicted molar refractivity (Wildman–Crippen MR) is 100 cm³/mol. The van der Waals surface area contributed by atoms with Crippen molar-refractivity contribution in [3.8, 4) is 5.75 Å². The molecule has 1 saturated heterocycles. The molecule has 27 heavy (non-hydrogen) atoms. The van der Waals surface area contributed by atoms with Crippen molar-refractivity contribution < 1.29 is 22.7 Å². The summed E-state index contributed by atoms with van der Waals surface area (Å²) in [5.74, 6) is 0.464. The topological polar surface area (TPSA) is 84.9 Å². The molecular formula is C19H22N2O5S. The highest BCUT2D eigenvalue weighted by molar-refractivity contribution is 7.89. The molecule has 1 heterocycles. The van der Waals surface area contributed by atoms with Gasteiger partial charge in [-0.15, -0.1) is 0 Å². The second-order valence-corrected chi connectivity index (χ2v) is 7.90. The third kappa shape index (κ3) is 5.06. The van der Waals surface area contributed by atoms with Gasteiger partial charge in [-0.25, -0.2) is 8.42 Å². The van der Waals surface area contributed by atoms with Crippen molar-refractivity contribution in [1.29, 1.82) is 0 Å². The summed E-state index contributed by atoms with van der Waals surface area (Å²) in [7, 11) is -3.55. The standard InChI is InChI=1S/C19H22N2O5S/c22-19(20-10-13-26-17-4-2-1-3-5-17)16-6-8-18(9-7-16)27(23,24)21-11-14-25-15-12-21/h1-9H,10-15H2,(H,20,22). The quantitative estimate of drug-likeness (QED) is 0.725. The fraction of sp³-hybridized carbons (Fsp3) is 0.316. The second-order valence-electron chi connectivity index (χ2n) is 5.96. The smallest absolute Gasteiger partial charge is 0.251 e. The van der Waals surface area contributed by atoms with Gasteiger partial charge in [0.1, 0.15) is 12.4 Å². The number of rotatable bonds is 7. The van der Waals surface area contributed by atoms with Crippen LogP contribution in [-0.2, 0) is 14.8 Å². The van der Waals surface area contributed by atoms with E-state index in [0.29, 0.717) is 45.0 Å². The van der Waals surface area contributed by atoms with Gasteiger partial charge < -0.3 is 14.8 Å². The molecule has 1 fully saturated rings. The lowest BCUT2D eigenvalue weighted by Gasteiger charge is -2.26. The zero-order chi connectivity index (χ0) is 19.1. The molecule has 0 bridgehead atoms. The molecule has 0 aliphatic carbocycles. The number of hydrogen-bond donors (Lipinski definition) is 1. The Morgan fingerprint density at radius 1 is 1.04 bits per heavy atom. The largest absolute Gasteiger partial charge is 0.492 e. The average Bonchev–Trinajstić information content (AvgIpc) is 2.72. The molecule has 1 amide bonds. The molecule has 0 atom stereocenters. The molecule has 1 aliphatic rings. The monoisotopic (exact) mass is 390 g/mol. The van der Waals surface area contributed by atoms with Crippen LogP contribution in [0.1, 0.15) is 10.4 Å². The number of hydrogen-bond acceptors (Lipinski definition) is 5. The van der Waals surface area contributed by atoms with E-state index in [9.17, 15) is 13.2 Å². The number of morpholine rings is 1. The Balaban J connectivity index is 1.52. The molecule has 1 N–H and O–H groups in total. The van der Waals surface area contributed by atoms with Crippen LogP contribution in [-0.4, -0.2) is 58.1 Å². The summed E-state index contributed by atoms with van der Waals surface area (Å²) >= 11 is 0. The van der Waals surface area contributed by atoms with Crippen molar-refractivity contribution >= 4 is 15.9 Å². The number of sulfonamides is 1. The number of nitrogens with one attached hydrogen (secondary N) is 1. The van der Waals surface area contributed by atoms with Gasteiger partial charge >= 0.3 is 0 Å². The van der Waals surface area contributed by atoms with Crippen molar-refractivity contribution in [2.75, 3.05) is 39.5 Å². The van der Waals surface area contributed by atoms with Gasteiger partial charge in [0.2, 0.25) is 10.0 Å². The fourth-order valence-electron chi connectivity index (χ4n) is 2.67. The van der Waals surface area contributed by atoms with Crippen LogP contribution in [0.4, 0.5) is 0 Å². The first-order valence-corrected chi connectivity index (χ1v) is 10.2. The first-order valence-electron chi connectivity index (χ1n) is 8.71. The summed E-state index contributed by atoms with van der Waals surface area (Å²) in [6.45, 7) is 2.16. The van der Waals surface area contributed by atoms with E-state index in [-0.39, 0.29) is 10.8 Å². The van der Waals surface area contributed by atoms with E-state index in [1.165, 1.54) is 28.6 Å². The first kappa shape index (κ1) is 19.3. The van der Waals surface area contributed by atoms with Crippen molar-refractivity contribution in [2.24, 2.45) is 0 Å². The molecule has 1 aliphatic heterocycles. The summed E-state index contributed by atoms with van der Waals surface area (Å²) < 4.78 is 37.2. The molecule has 0 radical (unpaired) electrons. The molecule has 144 valence electrons. The Labute approximate surface area is 158 Å². The van der Waals surface area contributed by atoms with Gasteiger partial charge in [-0.1, -0.05) is 18.2 Å². The molecule has 7 nitrogen and oxygen atoms in total. The lowest BCUT2D eigenvalue weighted by Crippen LogP contribution is -2.40. The second kappa shape index (κ2) is 8.98. The Bertz CT molecular complexity index is 847. The molecule has 2 aromatic carbocycles. The highest BCUT2D eigenvalue weighted by Crippen LogP contribution is 2.17. The lowest BCUT2D eigenvalue weighted by molar-refractivity contribution is 0.0730. The van der Waals surface area contributed by atoms with Crippen LogP contribution < -0.4 is 10.1 Å². The minimum Gasteiger partial charge on any atom is -0.492 e. The van der Waals surface area contributed by atoms with E-state index in [1.54, 1.807) is 0 Å². The highest BCUT2D eigenvalue weighted by atomic mass is 32.2. The van der Waals surface area contributed by atoms with Crippen LogP contribution in [0.2, 0.25) is 0 Å². The fourth-order valence-corrected chi connectivity index (χ4v) is 4.07. The summed E-state index contributed by atoms with van der Waals surface area (Å²) in [5, 5.41) is 2.75. The third-order valence-electron chi connectivity index (χ3n) is 4.12. The maximum Gasteiger partial charge on any atom is 0.251 e. The Morgan fingerprint density at radius 2 is 1.70 bits per heavy atom. The highest BCUT2D eigenvalue weighted by Gasteiger charge is 2.26. The Morgan fingerprint density at radius 3 is 2.37 bits per heavy atom. The number of para-hydroxylation sites is 1. The van der Waals surface area contributed by atoms with Crippen LogP contribution in [0.25, 0.3) is 0 Å². The molecule has 0 spiro atoms. The van der Waals surface area contributed by atoms with Gasteiger partial charge in [0.15, 0.2) is 0 Å². The van der Waals surface area contributed by atoms with Gasteiger partial charge in [-0.3, -0.25) is 4.79 Å². The van der Waals surface area contributed by atoms with Crippen molar-refractivity contribution in [2.45, 2.75) is 4.90 Å². The summed E-state index contributed by atoms with van der Waals surface area (Å²) in [6, 6.07) is 15.3. The van der Waals surface area contributed by atoms with Crippen LogP contribution in [0, 0.1) is 0 Å². The van der Waals surface area contributed by atoms with Gasteiger partial charge in [0.05, 0.1) is 24.7 Å². The van der Waals surface area contributed by atoms with Crippen LogP contribution in [0.15, 0.2) is 59.5 Å². The zero-order valence-corrected chi connectivity index (χ0v) is 15.7. The summed E-state index contributed by atoms with van der Waals surface area (Å²) in [5.41, 5.74) is 0.399. The molecule has 2 aromatic rings. The molecule has 8 heteroatoms. The number of carbonyl (C=O) groups excluding carboxylic acids is 1. The lowest BCUT2D eigenvalue weighted by atomic mass is 10.2. The Kier molecular flexibility index (Phi) is 6.44. The maximum absolute atomic E-state index is 12.6. The Hall–Kier alpha value is -2.42. The zero-order valence-electron chi connectivity index (χ0n) is 14.8. The number of amides is 1. The number of benzene rings is 2. The van der Waals surface area contributed by atoms with E-state index < -0.39 is 10.0 Å². The minimum atomic E-state index is -3.55. The number of carbonyl (C=O) groups is 1. The van der Waals surface area contributed by atoms with E-state index in [2.05, 4.69) is 5.32 Å². The third-order valence-corrected chi connectivity index (χ3v) is 6.04. The maximum atomic E-state index is 12.6. The molecular weight excluding hydrogens is 368 g/mol. The molecule has 0 aromatic heterocycles. The minimum absolute atomic E-state index is 0.174. The number of ether oxygens (including phenoxy) is 2. The summed E-state index contributed by atoms with van der Waals surface area (Å²) in [4.78, 5) is 12.4. The molecule has 0 unspecified atom stereocenters. The van der Waals surface area contributed by atoms with Crippen molar-refractivity contribution in [3.63, 3.8) is 0 Å². The average molecular weight is 390 g/mol. The van der Waals surface area contributed by atoms with E-state index in [4.69, 9.17) is 9.47 Å². The van der Waals surface area contributed by atoms with E-state index in [1.807, 2.05) is 30.3 Å². The SMILES string of the molecule is O=C(NCCOc1ccccc1)c1ccc(S(=O)(=O)N2CCOCC2)cc1.